The van der Waals surface area contributed by atoms with Crippen molar-refractivity contribution in [1.82, 2.24) is 10.2 Å². The molecule has 1 aliphatic carbocycles. The lowest BCUT2D eigenvalue weighted by Gasteiger charge is -2.16. The number of nitrogens with zero attached hydrogens (tertiary/aromatic N) is 1. The lowest BCUT2D eigenvalue weighted by molar-refractivity contribution is -0.0328. The number of carbonyl (C=O) groups excluding carboxylic acids is 1. The zero-order chi connectivity index (χ0) is 15.7. The molecule has 0 radical (unpaired) electrons. The van der Waals surface area contributed by atoms with Crippen LogP contribution in [0.25, 0.3) is 0 Å². The Labute approximate surface area is 131 Å². The minimum Gasteiger partial charge on any atom is -0.348 e. The summed E-state index contributed by atoms with van der Waals surface area (Å²) in [7, 11) is 0. The van der Waals surface area contributed by atoms with E-state index in [2.05, 4.69) is 10.2 Å². The van der Waals surface area contributed by atoms with E-state index in [0.717, 1.165) is 19.5 Å². The molecule has 1 N–H and O–H groups in total. The Morgan fingerprint density at radius 3 is 2.45 bits per heavy atom. The van der Waals surface area contributed by atoms with Gasteiger partial charge in [0.25, 0.3) is 5.91 Å². The van der Waals surface area contributed by atoms with E-state index in [0.29, 0.717) is 11.6 Å². The van der Waals surface area contributed by atoms with Gasteiger partial charge in [0.15, 0.2) is 0 Å². The topological polar surface area (TPSA) is 32.3 Å². The highest BCUT2D eigenvalue weighted by atomic mass is 32.2. The molecule has 1 aromatic carbocycles. The molecule has 1 amide bonds. The van der Waals surface area contributed by atoms with Crippen LogP contribution >= 0.6 is 11.8 Å². The summed E-state index contributed by atoms with van der Waals surface area (Å²) in [5, 5.41) is 2.97. The Morgan fingerprint density at radius 1 is 1.18 bits per heavy atom. The molecule has 1 aromatic rings. The largest absolute Gasteiger partial charge is 0.446 e. The van der Waals surface area contributed by atoms with Gasteiger partial charge in [0.2, 0.25) is 0 Å². The van der Waals surface area contributed by atoms with Crippen LogP contribution in [0.15, 0.2) is 29.2 Å². The highest BCUT2D eigenvalue weighted by molar-refractivity contribution is 8.00. The van der Waals surface area contributed by atoms with Gasteiger partial charge in [0.05, 0.1) is 0 Å². The van der Waals surface area contributed by atoms with Crippen LogP contribution in [0.4, 0.5) is 13.2 Å². The van der Waals surface area contributed by atoms with Gasteiger partial charge in [-0.3, -0.25) is 9.69 Å². The van der Waals surface area contributed by atoms with E-state index in [1.54, 1.807) is 0 Å². The molecule has 22 heavy (non-hydrogen) atoms. The number of carbonyl (C=O) groups is 1. The van der Waals surface area contributed by atoms with Crippen molar-refractivity contribution in [2.24, 2.45) is 0 Å². The third kappa shape index (κ3) is 4.16. The fourth-order valence-electron chi connectivity index (χ4n) is 2.75. The van der Waals surface area contributed by atoms with Gasteiger partial charge in [0.1, 0.15) is 0 Å². The van der Waals surface area contributed by atoms with Gasteiger partial charge in [-0.05, 0) is 55.3 Å². The highest BCUT2D eigenvalue weighted by Gasteiger charge is 2.35. The van der Waals surface area contributed by atoms with E-state index in [9.17, 15) is 18.0 Å². The van der Waals surface area contributed by atoms with Crippen LogP contribution in [-0.2, 0) is 0 Å². The highest BCUT2D eigenvalue weighted by Crippen LogP contribution is 2.36. The molecule has 2 aliphatic rings. The first-order chi connectivity index (χ1) is 10.4. The Morgan fingerprint density at radius 2 is 1.86 bits per heavy atom. The summed E-state index contributed by atoms with van der Waals surface area (Å²) >= 11 is -0.174. The van der Waals surface area contributed by atoms with Gasteiger partial charge in [-0.2, -0.15) is 13.2 Å². The molecule has 0 spiro atoms. The Hall–Kier alpha value is -1.21. The van der Waals surface area contributed by atoms with Crippen LogP contribution in [0.2, 0.25) is 0 Å². The van der Waals surface area contributed by atoms with Gasteiger partial charge in [-0.15, -0.1) is 0 Å². The van der Waals surface area contributed by atoms with E-state index in [-0.39, 0.29) is 28.6 Å². The summed E-state index contributed by atoms with van der Waals surface area (Å²) in [6, 6.07) is 6.38. The first kappa shape index (κ1) is 15.7. The molecule has 7 heteroatoms. The number of rotatable bonds is 4. The van der Waals surface area contributed by atoms with E-state index < -0.39 is 5.51 Å². The summed E-state index contributed by atoms with van der Waals surface area (Å²) in [5.41, 5.74) is -3.91. The number of nitrogens with one attached hydrogen (secondary N) is 1. The van der Waals surface area contributed by atoms with E-state index in [1.165, 1.54) is 37.1 Å². The number of amides is 1. The monoisotopic (exact) mass is 330 g/mol. The Bertz CT molecular complexity index is 543. The minimum absolute atomic E-state index is 0.0878. The van der Waals surface area contributed by atoms with Crippen molar-refractivity contribution < 1.29 is 18.0 Å². The molecule has 1 atom stereocenters. The predicted molar refractivity (Wildman–Crippen MR) is 78.8 cm³/mol. The molecule has 0 bridgehead atoms. The van der Waals surface area contributed by atoms with Crippen molar-refractivity contribution >= 4 is 17.7 Å². The third-order valence-corrected chi connectivity index (χ3v) is 4.71. The van der Waals surface area contributed by atoms with Gasteiger partial charge >= 0.3 is 5.51 Å². The number of halogens is 3. The smallest absolute Gasteiger partial charge is 0.348 e. The molecule has 0 aromatic heterocycles. The first-order valence-electron chi connectivity index (χ1n) is 7.31. The summed E-state index contributed by atoms with van der Waals surface area (Å²) in [5.74, 6) is -0.216. The Balaban J connectivity index is 1.53. The fraction of sp³-hybridized carbons (Fsp3) is 0.533. The normalized spacial score (nSPS) is 22.8. The molecule has 1 saturated carbocycles. The quantitative estimate of drug-likeness (QED) is 0.860. The summed E-state index contributed by atoms with van der Waals surface area (Å²) < 4.78 is 36.8. The lowest BCUT2D eigenvalue weighted by atomic mass is 10.2. The maximum absolute atomic E-state index is 12.3. The van der Waals surface area contributed by atoms with Crippen LogP contribution in [0, 0.1) is 0 Å². The molecule has 1 saturated heterocycles. The van der Waals surface area contributed by atoms with Crippen LogP contribution < -0.4 is 5.32 Å². The standard InChI is InChI=1S/C15H17F3N2OS/c16-15(17,18)22-13-5-1-10(2-6-13)14(21)19-11-7-8-20(9-11)12-3-4-12/h1-2,5-6,11-12H,3-4,7-9H2,(H,19,21)/t11-/m1/s1. The van der Waals surface area contributed by atoms with Crippen molar-refractivity contribution in [1.29, 1.82) is 0 Å². The molecule has 120 valence electrons. The number of hydrogen-bond donors (Lipinski definition) is 1. The summed E-state index contributed by atoms with van der Waals surface area (Å²) in [6.07, 6.45) is 3.43. The van der Waals surface area contributed by atoms with Crippen molar-refractivity contribution in [3.05, 3.63) is 29.8 Å². The number of thioether (sulfide) groups is 1. The number of likely N-dealkylation sites (tertiary alicyclic amines) is 1. The second-order valence-corrected chi connectivity index (χ2v) is 6.90. The SMILES string of the molecule is O=C(N[C@@H]1CCN(C2CC2)C1)c1ccc(SC(F)(F)F)cc1. The molecule has 1 aliphatic heterocycles. The van der Waals surface area contributed by atoms with Gasteiger partial charge in [-0.25, -0.2) is 0 Å². The predicted octanol–water partition coefficient (Wildman–Crippen LogP) is 3.27. The molecular weight excluding hydrogens is 313 g/mol. The van der Waals surface area contributed by atoms with E-state index in [4.69, 9.17) is 0 Å². The molecule has 3 nitrogen and oxygen atoms in total. The number of benzene rings is 1. The van der Waals surface area contributed by atoms with Crippen molar-refractivity contribution in [2.45, 2.75) is 41.7 Å². The van der Waals surface area contributed by atoms with Crippen LogP contribution in [0.3, 0.4) is 0 Å². The maximum atomic E-state index is 12.3. The maximum Gasteiger partial charge on any atom is 0.446 e. The zero-order valence-corrected chi connectivity index (χ0v) is 12.7. The van der Waals surface area contributed by atoms with Crippen molar-refractivity contribution in [2.75, 3.05) is 13.1 Å². The third-order valence-electron chi connectivity index (χ3n) is 3.97. The first-order valence-corrected chi connectivity index (χ1v) is 8.13. The number of alkyl halides is 3. The van der Waals surface area contributed by atoms with Gasteiger partial charge < -0.3 is 5.32 Å². The van der Waals surface area contributed by atoms with Gasteiger partial charge in [0, 0.05) is 35.6 Å². The lowest BCUT2D eigenvalue weighted by Crippen LogP contribution is -2.37. The van der Waals surface area contributed by atoms with Crippen molar-refractivity contribution in [3.8, 4) is 0 Å². The van der Waals surface area contributed by atoms with Crippen LogP contribution in [0.5, 0.6) is 0 Å². The van der Waals surface area contributed by atoms with Gasteiger partial charge in [-0.1, -0.05) is 0 Å². The molecule has 2 fully saturated rings. The summed E-state index contributed by atoms with van der Waals surface area (Å²) in [4.78, 5) is 14.6. The van der Waals surface area contributed by atoms with E-state index >= 15 is 0 Å². The average molecular weight is 330 g/mol. The zero-order valence-electron chi connectivity index (χ0n) is 11.9. The molecular formula is C15H17F3N2OS. The average Bonchev–Trinajstić information content (AvgIpc) is 3.19. The minimum atomic E-state index is -4.31. The van der Waals surface area contributed by atoms with Crippen molar-refractivity contribution in [3.63, 3.8) is 0 Å². The Kier molecular flexibility index (Phi) is 4.36. The molecule has 0 unspecified atom stereocenters. The number of hydrogen-bond acceptors (Lipinski definition) is 3. The molecule has 1 heterocycles. The summed E-state index contributed by atoms with van der Waals surface area (Å²) in [6.45, 7) is 1.88. The van der Waals surface area contributed by atoms with Crippen LogP contribution in [0.1, 0.15) is 29.6 Å². The second kappa shape index (κ2) is 6.12. The fourth-order valence-corrected chi connectivity index (χ4v) is 3.29. The van der Waals surface area contributed by atoms with E-state index in [1.807, 2.05) is 0 Å². The second-order valence-electron chi connectivity index (χ2n) is 5.76. The van der Waals surface area contributed by atoms with Crippen LogP contribution in [-0.4, -0.2) is 41.5 Å². The molecule has 3 rings (SSSR count).